The SMILES string of the molecule is COc1ccc(S(=O)(=O)Nc2ccc(N([C@@H]3CS(=O)(=O)C[C@@H]3O)S(=O)(=O)c3ccc(OC)cc3)cc2)cc1. The highest BCUT2D eigenvalue weighted by Crippen LogP contribution is 2.33. The number of nitrogens with one attached hydrogen (secondary N) is 1. The van der Waals surface area contributed by atoms with Crippen LogP contribution in [0.15, 0.2) is 82.6 Å². The maximum Gasteiger partial charge on any atom is 0.264 e. The van der Waals surface area contributed by atoms with Gasteiger partial charge in [-0.3, -0.25) is 9.03 Å². The number of hydrogen-bond donors (Lipinski definition) is 2. The number of anilines is 2. The summed E-state index contributed by atoms with van der Waals surface area (Å²) in [6, 6.07) is 15.4. The Bertz CT molecular complexity index is 1600. The van der Waals surface area contributed by atoms with Crippen molar-refractivity contribution in [3.8, 4) is 11.5 Å². The van der Waals surface area contributed by atoms with E-state index in [9.17, 15) is 30.4 Å². The van der Waals surface area contributed by atoms with Crippen LogP contribution >= 0.6 is 0 Å². The van der Waals surface area contributed by atoms with Gasteiger partial charge in [0.15, 0.2) is 9.84 Å². The number of aliphatic hydroxyl groups excluding tert-OH is 1. The third-order valence-electron chi connectivity index (χ3n) is 5.95. The van der Waals surface area contributed by atoms with E-state index in [1.807, 2.05) is 0 Å². The molecule has 0 bridgehead atoms. The van der Waals surface area contributed by atoms with Crippen molar-refractivity contribution < 1.29 is 39.8 Å². The number of nitrogens with zero attached hydrogens (tertiary/aromatic N) is 1. The molecule has 11 nitrogen and oxygen atoms in total. The Hall–Kier alpha value is -3.33. The summed E-state index contributed by atoms with van der Waals surface area (Å²) in [5, 5.41) is 10.5. The van der Waals surface area contributed by atoms with E-state index in [1.165, 1.54) is 87.0 Å². The minimum atomic E-state index is -4.34. The third-order valence-corrected chi connectivity index (χ3v) is 10.9. The summed E-state index contributed by atoms with van der Waals surface area (Å²) in [6.45, 7) is 0. The van der Waals surface area contributed by atoms with Crippen LogP contribution in [0, 0.1) is 0 Å². The number of sulfone groups is 1. The molecule has 1 fully saturated rings. The van der Waals surface area contributed by atoms with Crippen LogP contribution in [0.5, 0.6) is 11.5 Å². The predicted octanol–water partition coefficient (Wildman–Crippen LogP) is 1.86. The molecule has 0 amide bonds. The van der Waals surface area contributed by atoms with Gasteiger partial charge < -0.3 is 14.6 Å². The largest absolute Gasteiger partial charge is 0.497 e. The summed E-state index contributed by atoms with van der Waals surface area (Å²) >= 11 is 0. The fourth-order valence-corrected chi connectivity index (χ4v) is 8.65. The number of ether oxygens (including phenoxy) is 2. The number of hydrogen-bond acceptors (Lipinski definition) is 9. The first-order chi connectivity index (χ1) is 17.9. The molecule has 0 aliphatic carbocycles. The molecule has 1 aliphatic heterocycles. The summed E-state index contributed by atoms with van der Waals surface area (Å²) in [5.74, 6) is -0.239. The van der Waals surface area contributed by atoms with Crippen LogP contribution in [0.2, 0.25) is 0 Å². The molecule has 1 saturated heterocycles. The standard InChI is InChI=1S/C24H26N2O9S3/c1-34-19-7-11-21(12-8-19)37(30,31)25-17-3-5-18(6-4-17)26(23-15-36(28,29)16-24(23)27)38(32,33)22-13-9-20(35-2)10-14-22/h3-14,23-25,27H,15-16H2,1-2H3/t23-,24+/m1/s1. The van der Waals surface area contributed by atoms with Gasteiger partial charge in [0.05, 0.1) is 53.3 Å². The van der Waals surface area contributed by atoms with Gasteiger partial charge in [0.2, 0.25) is 0 Å². The summed E-state index contributed by atoms with van der Waals surface area (Å²) in [4.78, 5) is -0.149. The van der Waals surface area contributed by atoms with Gasteiger partial charge in [-0.05, 0) is 72.8 Å². The Morgan fingerprint density at radius 3 is 1.74 bits per heavy atom. The lowest BCUT2D eigenvalue weighted by molar-refractivity contribution is 0.184. The first-order valence-electron chi connectivity index (χ1n) is 11.2. The second kappa shape index (κ2) is 10.4. The van der Waals surface area contributed by atoms with E-state index in [-0.39, 0.29) is 21.2 Å². The molecule has 3 aromatic carbocycles. The van der Waals surface area contributed by atoms with E-state index in [2.05, 4.69) is 4.72 Å². The van der Waals surface area contributed by atoms with Crippen LogP contribution in [-0.2, 0) is 29.9 Å². The van der Waals surface area contributed by atoms with Crippen molar-refractivity contribution in [1.29, 1.82) is 0 Å². The number of methoxy groups -OCH3 is 2. The molecule has 38 heavy (non-hydrogen) atoms. The molecule has 2 N–H and O–H groups in total. The van der Waals surface area contributed by atoms with Gasteiger partial charge >= 0.3 is 0 Å². The van der Waals surface area contributed by atoms with Crippen LogP contribution < -0.4 is 18.5 Å². The number of benzene rings is 3. The second-order valence-electron chi connectivity index (χ2n) is 8.52. The van der Waals surface area contributed by atoms with Gasteiger partial charge in [0, 0.05) is 5.69 Å². The number of rotatable bonds is 9. The highest BCUT2D eigenvalue weighted by Gasteiger charge is 2.45. The van der Waals surface area contributed by atoms with E-state index in [0.717, 1.165) is 4.31 Å². The van der Waals surface area contributed by atoms with Gasteiger partial charge in [-0.2, -0.15) is 0 Å². The van der Waals surface area contributed by atoms with Crippen molar-refractivity contribution in [2.45, 2.75) is 21.9 Å². The van der Waals surface area contributed by atoms with Crippen LogP contribution in [0.3, 0.4) is 0 Å². The van der Waals surface area contributed by atoms with Gasteiger partial charge in [0.1, 0.15) is 11.5 Å². The molecule has 0 unspecified atom stereocenters. The normalized spacial score (nSPS) is 19.0. The third kappa shape index (κ3) is 5.72. The topological polar surface area (TPSA) is 156 Å². The molecule has 0 aromatic heterocycles. The van der Waals surface area contributed by atoms with E-state index in [0.29, 0.717) is 11.5 Å². The minimum Gasteiger partial charge on any atom is -0.497 e. The average Bonchev–Trinajstić information content (AvgIpc) is 3.16. The molecule has 0 radical (unpaired) electrons. The van der Waals surface area contributed by atoms with Gasteiger partial charge in [-0.25, -0.2) is 25.3 Å². The minimum absolute atomic E-state index is 0.00892. The molecule has 14 heteroatoms. The molecule has 3 aromatic rings. The van der Waals surface area contributed by atoms with Gasteiger partial charge in [-0.15, -0.1) is 0 Å². The molecule has 0 saturated carbocycles. The maximum absolute atomic E-state index is 13.7. The zero-order valence-corrected chi connectivity index (χ0v) is 22.8. The fourth-order valence-electron chi connectivity index (χ4n) is 4.05. The predicted molar refractivity (Wildman–Crippen MR) is 141 cm³/mol. The van der Waals surface area contributed by atoms with Crippen molar-refractivity contribution in [3.05, 3.63) is 72.8 Å². The molecule has 204 valence electrons. The van der Waals surface area contributed by atoms with Crippen LogP contribution in [0.1, 0.15) is 0 Å². The second-order valence-corrected chi connectivity index (χ2v) is 14.2. The Balaban J connectivity index is 1.69. The average molecular weight is 583 g/mol. The van der Waals surface area contributed by atoms with Crippen LogP contribution in [0.25, 0.3) is 0 Å². The van der Waals surface area contributed by atoms with Crippen molar-refractivity contribution in [1.82, 2.24) is 0 Å². The molecule has 0 spiro atoms. The van der Waals surface area contributed by atoms with E-state index >= 15 is 0 Å². The van der Waals surface area contributed by atoms with Crippen molar-refractivity contribution in [2.75, 3.05) is 34.8 Å². The quantitative estimate of drug-likeness (QED) is 0.384. The molecular formula is C24H26N2O9S3. The summed E-state index contributed by atoms with van der Waals surface area (Å²) < 4.78 is 90.8. The molecule has 1 aliphatic rings. The first kappa shape index (κ1) is 27.7. The maximum atomic E-state index is 13.7. The Morgan fingerprint density at radius 2 is 1.29 bits per heavy atom. The van der Waals surface area contributed by atoms with Crippen molar-refractivity contribution in [2.24, 2.45) is 0 Å². The van der Waals surface area contributed by atoms with Crippen LogP contribution in [-0.4, -0.2) is 68.2 Å². The summed E-state index contributed by atoms with van der Waals surface area (Å²) in [6.07, 6.45) is -1.46. The van der Waals surface area contributed by atoms with Crippen molar-refractivity contribution in [3.63, 3.8) is 0 Å². The van der Waals surface area contributed by atoms with Gasteiger partial charge in [0.25, 0.3) is 20.0 Å². The van der Waals surface area contributed by atoms with E-state index < -0.39 is 53.5 Å². The van der Waals surface area contributed by atoms with Crippen molar-refractivity contribution >= 4 is 41.3 Å². The monoisotopic (exact) mass is 582 g/mol. The highest BCUT2D eigenvalue weighted by atomic mass is 32.2. The smallest absolute Gasteiger partial charge is 0.264 e. The summed E-state index contributed by atoms with van der Waals surface area (Å²) in [5.41, 5.74) is 0.195. The molecule has 1 heterocycles. The number of sulfonamides is 2. The molecule has 4 rings (SSSR count). The molecule has 2 atom stereocenters. The Kier molecular flexibility index (Phi) is 7.61. The lowest BCUT2D eigenvalue weighted by Gasteiger charge is -2.31. The molecular weight excluding hydrogens is 556 g/mol. The lowest BCUT2D eigenvalue weighted by atomic mass is 10.2. The fraction of sp³-hybridized carbons (Fsp3) is 0.250. The Morgan fingerprint density at radius 1 is 0.789 bits per heavy atom. The van der Waals surface area contributed by atoms with Crippen LogP contribution in [0.4, 0.5) is 11.4 Å². The number of aliphatic hydroxyl groups is 1. The Labute approximate surface area is 221 Å². The van der Waals surface area contributed by atoms with E-state index in [4.69, 9.17) is 9.47 Å². The zero-order valence-electron chi connectivity index (χ0n) is 20.4. The lowest BCUT2D eigenvalue weighted by Crippen LogP contribution is -2.47. The first-order valence-corrected chi connectivity index (χ1v) is 15.9. The summed E-state index contributed by atoms with van der Waals surface area (Å²) in [7, 11) is -9.10. The van der Waals surface area contributed by atoms with Gasteiger partial charge in [-0.1, -0.05) is 0 Å². The zero-order chi connectivity index (χ0) is 27.7. The highest BCUT2D eigenvalue weighted by molar-refractivity contribution is 7.93. The van der Waals surface area contributed by atoms with E-state index in [1.54, 1.807) is 0 Å².